The summed E-state index contributed by atoms with van der Waals surface area (Å²) < 4.78 is 0. The third-order valence-corrected chi connectivity index (χ3v) is 5.73. The third-order valence-electron chi connectivity index (χ3n) is 5.48. The Morgan fingerprint density at radius 2 is 1.97 bits per heavy atom. The Labute approximate surface area is 179 Å². The first-order valence-corrected chi connectivity index (χ1v) is 10.3. The van der Waals surface area contributed by atoms with Crippen molar-refractivity contribution in [1.82, 2.24) is 24.8 Å². The van der Waals surface area contributed by atoms with Crippen molar-refractivity contribution < 1.29 is 4.79 Å². The molecule has 1 saturated heterocycles. The highest BCUT2D eigenvalue weighted by atomic mass is 35.5. The van der Waals surface area contributed by atoms with E-state index in [4.69, 9.17) is 16.6 Å². The number of hydrogen-bond donors (Lipinski definition) is 1. The first kappa shape index (κ1) is 18.8. The van der Waals surface area contributed by atoms with Crippen LogP contribution in [0.1, 0.15) is 40.8 Å². The van der Waals surface area contributed by atoms with E-state index in [1.165, 1.54) is 0 Å². The van der Waals surface area contributed by atoms with Crippen molar-refractivity contribution >= 4 is 28.5 Å². The van der Waals surface area contributed by atoms with Gasteiger partial charge in [-0.05, 0) is 68.3 Å². The molecule has 5 rings (SSSR count). The fraction of sp³-hybridized carbons (Fsp3) is 0.217. The molecule has 0 aliphatic carbocycles. The quantitative estimate of drug-likeness (QED) is 0.511. The second kappa shape index (κ2) is 7.54. The van der Waals surface area contributed by atoms with Gasteiger partial charge >= 0.3 is 0 Å². The average Bonchev–Trinajstić information content (AvgIpc) is 3.39. The molecule has 0 bridgehead atoms. The van der Waals surface area contributed by atoms with Crippen LogP contribution in [0.2, 0.25) is 5.02 Å². The van der Waals surface area contributed by atoms with Crippen molar-refractivity contribution in [2.24, 2.45) is 0 Å². The maximum absolute atomic E-state index is 13.3. The SMILES string of the molecule is Cc1nc2ccc(C(=O)N3CCC[C@@H]3c3ccnc(-c4ccc(Cl)cc4)n3)cc2[nH]1. The number of carbonyl (C=O) groups excluding carboxylic acids is 1. The Balaban J connectivity index is 1.45. The minimum atomic E-state index is -0.0641. The van der Waals surface area contributed by atoms with E-state index in [0.717, 1.165) is 41.0 Å². The zero-order chi connectivity index (χ0) is 20.7. The molecule has 6 nitrogen and oxygen atoms in total. The molecular formula is C23H20ClN5O. The fourth-order valence-electron chi connectivity index (χ4n) is 4.05. The summed E-state index contributed by atoms with van der Waals surface area (Å²) in [6, 6.07) is 14.9. The Morgan fingerprint density at radius 1 is 1.13 bits per heavy atom. The summed E-state index contributed by atoms with van der Waals surface area (Å²) in [4.78, 5) is 32.0. The van der Waals surface area contributed by atoms with Crippen LogP contribution in [0.4, 0.5) is 0 Å². The average molecular weight is 418 g/mol. The van der Waals surface area contributed by atoms with Crippen molar-refractivity contribution in [3.8, 4) is 11.4 Å². The van der Waals surface area contributed by atoms with E-state index in [-0.39, 0.29) is 11.9 Å². The smallest absolute Gasteiger partial charge is 0.254 e. The normalized spacial score (nSPS) is 16.3. The monoisotopic (exact) mass is 417 g/mol. The zero-order valence-corrected chi connectivity index (χ0v) is 17.2. The molecule has 1 N–H and O–H groups in total. The van der Waals surface area contributed by atoms with E-state index in [9.17, 15) is 4.79 Å². The highest BCUT2D eigenvalue weighted by Crippen LogP contribution is 2.33. The minimum absolute atomic E-state index is 0.0123. The predicted octanol–water partition coefficient (Wildman–Crippen LogP) is 4.96. The van der Waals surface area contributed by atoms with Crippen LogP contribution in [0.15, 0.2) is 54.7 Å². The van der Waals surface area contributed by atoms with Crippen LogP contribution in [0.3, 0.4) is 0 Å². The number of nitrogens with one attached hydrogen (secondary N) is 1. The van der Waals surface area contributed by atoms with Crippen LogP contribution in [0.25, 0.3) is 22.4 Å². The number of nitrogens with zero attached hydrogens (tertiary/aromatic N) is 4. The molecule has 30 heavy (non-hydrogen) atoms. The maximum Gasteiger partial charge on any atom is 0.254 e. The summed E-state index contributed by atoms with van der Waals surface area (Å²) in [5.74, 6) is 1.49. The number of benzene rings is 2. The van der Waals surface area contributed by atoms with Gasteiger partial charge < -0.3 is 9.88 Å². The largest absolute Gasteiger partial charge is 0.342 e. The van der Waals surface area contributed by atoms with Gasteiger partial charge in [0.15, 0.2) is 5.82 Å². The minimum Gasteiger partial charge on any atom is -0.342 e. The number of halogens is 1. The van der Waals surface area contributed by atoms with Gasteiger partial charge in [0, 0.05) is 28.9 Å². The molecule has 0 spiro atoms. The maximum atomic E-state index is 13.3. The number of aryl methyl sites for hydroxylation is 1. The number of H-pyrrole nitrogens is 1. The summed E-state index contributed by atoms with van der Waals surface area (Å²) in [5, 5.41) is 0.673. The van der Waals surface area contributed by atoms with Gasteiger partial charge in [0.2, 0.25) is 0 Å². The Bertz CT molecular complexity index is 1230. The van der Waals surface area contributed by atoms with Crippen molar-refractivity contribution in [3.63, 3.8) is 0 Å². The number of aromatic nitrogens is 4. The van der Waals surface area contributed by atoms with Gasteiger partial charge in [-0.25, -0.2) is 15.0 Å². The van der Waals surface area contributed by atoms with Gasteiger partial charge in [-0.2, -0.15) is 0 Å². The highest BCUT2D eigenvalue weighted by molar-refractivity contribution is 6.30. The van der Waals surface area contributed by atoms with Gasteiger partial charge in [0.1, 0.15) is 5.82 Å². The Hall–Kier alpha value is -3.25. The molecule has 4 aromatic rings. The lowest BCUT2D eigenvalue weighted by atomic mass is 10.1. The molecule has 1 amide bonds. The lowest BCUT2D eigenvalue weighted by Crippen LogP contribution is -2.31. The molecule has 0 radical (unpaired) electrons. The van der Waals surface area contributed by atoms with E-state index in [0.29, 0.717) is 23.0 Å². The molecule has 150 valence electrons. The zero-order valence-electron chi connectivity index (χ0n) is 16.5. The van der Waals surface area contributed by atoms with Crippen LogP contribution in [-0.4, -0.2) is 37.3 Å². The number of rotatable bonds is 3. The van der Waals surface area contributed by atoms with Crippen molar-refractivity contribution in [3.05, 3.63) is 76.8 Å². The number of imidazole rings is 1. The summed E-state index contributed by atoms with van der Waals surface area (Å²) in [5.41, 5.74) is 4.16. The second-order valence-electron chi connectivity index (χ2n) is 7.52. The van der Waals surface area contributed by atoms with Crippen molar-refractivity contribution in [2.45, 2.75) is 25.8 Å². The molecule has 3 heterocycles. The first-order chi connectivity index (χ1) is 14.6. The number of amides is 1. The van der Waals surface area contributed by atoms with E-state index in [2.05, 4.69) is 15.0 Å². The summed E-state index contributed by atoms with van der Waals surface area (Å²) in [6.07, 6.45) is 3.59. The summed E-state index contributed by atoms with van der Waals surface area (Å²) in [6.45, 7) is 2.62. The van der Waals surface area contributed by atoms with E-state index >= 15 is 0 Å². The van der Waals surface area contributed by atoms with Gasteiger partial charge in [-0.3, -0.25) is 4.79 Å². The number of carbonyl (C=O) groups is 1. The molecule has 2 aromatic carbocycles. The Kier molecular flexibility index (Phi) is 4.71. The lowest BCUT2D eigenvalue weighted by Gasteiger charge is -2.24. The number of likely N-dealkylation sites (tertiary alicyclic amines) is 1. The summed E-state index contributed by atoms with van der Waals surface area (Å²) in [7, 11) is 0. The topological polar surface area (TPSA) is 74.8 Å². The standard InChI is InChI=1S/C23H20ClN5O/c1-14-26-18-9-6-16(13-20(18)27-14)23(30)29-12-2-3-21(29)19-10-11-25-22(28-19)15-4-7-17(24)8-5-15/h4-11,13,21H,2-3,12H2,1H3,(H,26,27)/t21-/m1/s1. The lowest BCUT2D eigenvalue weighted by molar-refractivity contribution is 0.0733. The first-order valence-electron chi connectivity index (χ1n) is 9.95. The molecule has 1 aliphatic rings. The van der Waals surface area contributed by atoms with Crippen LogP contribution in [-0.2, 0) is 0 Å². The second-order valence-corrected chi connectivity index (χ2v) is 7.96. The molecule has 0 unspecified atom stereocenters. The molecule has 1 fully saturated rings. The van der Waals surface area contributed by atoms with E-state index in [1.54, 1.807) is 6.20 Å². The number of hydrogen-bond acceptors (Lipinski definition) is 4. The van der Waals surface area contributed by atoms with Gasteiger partial charge in [-0.1, -0.05) is 11.6 Å². The summed E-state index contributed by atoms with van der Waals surface area (Å²) >= 11 is 5.99. The fourth-order valence-corrected chi connectivity index (χ4v) is 4.18. The van der Waals surface area contributed by atoms with Crippen LogP contribution in [0.5, 0.6) is 0 Å². The molecule has 1 aliphatic heterocycles. The molecule has 7 heteroatoms. The molecular weight excluding hydrogens is 398 g/mol. The van der Waals surface area contributed by atoms with E-state index in [1.807, 2.05) is 60.4 Å². The molecule has 2 aromatic heterocycles. The van der Waals surface area contributed by atoms with Gasteiger partial charge in [-0.15, -0.1) is 0 Å². The molecule has 1 atom stereocenters. The van der Waals surface area contributed by atoms with Crippen LogP contribution < -0.4 is 0 Å². The predicted molar refractivity (Wildman–Crippen MR) is 116 cm³/mol. The van der Waals surface area contributed by atoms with Crippen LogP contribution in [0, 0.1) is 6.92 Å². The highest BCUT2D eigenvalue weighted by Gasteiger charge is 2.32. The van der Waals surface area contributed by atoms with Crippen LogP contribution >= 0.6 is 11.6 Å². The molecule has 0 saturated carbocycles. The number of aromatic amines is 1. The van der Waals surface area contributed by atoms with E-state index < -0.39 is 0 Å². The number of fused-ring (bicyclic) bond motifs is 1. The Morgan fingerprint density at radius 3 is 2.80 bits per heavy atom. The van der Waals surface area contributed by atoms with Crippen molar-refractivity contribution in [1.29, 1.82) is 0 Å². The van der Waals surface area contributed by atoms with Crippen molar-refractivity contribution in [2.75, 3.05) is 6.54 Å². The van der Waals surface area contributed by atoms with Gasteiger partial charge in [0.25, 0.3) is 5.91 Å². The third kappa shape index (κ3) is 3.44. The van der Waals surface area contributed by atoms with Gasteiger partial charge in [0.05, 0.1) is 22.8 Å².